The topological polar surface area (TPSA) is 97.6 Å². The highest BCUT2D eigenvalue weighted by Crippen LogP contribution is 2.53. The van der Waals surface area contributed by atoms with E-state index in [2.05, 4.69) is 15.2 Å². The number of nitrogens with zero attached hydrogens (tertiary/aromatic N) is 2. The van der Waals surface area contributed by atoms with Gasteiger partial charge in [0.25, 0.3) is 0 Å². The number of hydrogen-bond donors (Lipinski definition) is 2. The highest BCUT2D eigenvalue weighted by Gasteiger charge is 2.55. The molecule has 2 aliphatic heterocycles. The van der Waals surface area contributed by atoms with E-state index in [9.17, 15) is 9.59 Å². The van der Waals surface area contributed by atoms with E-state index in [1.165, 1.54) is 6.08 Å². The van der Waals surface area contributed by atoms with Crippen molar-refractivity contribution in [2.24, 2.45) is 23.7 Å². The number of hydrogen-bond acceptors (Lipinski definition) is 5. The molecular weight excluding hydrogens is 368 g/mol. The molecule has 2 saturated heterocycles. The van der Waals surface area contributed by atoms with Gasteiger partial charge < -0.3 is 20.7 Å². The van der Waals surface area contributed by atoms with E-state index in [4.69, 9.17) is 10.5 Å². The van der Waals surface area contributed by atoms with Crippen LogP contribution in [0.1, 0.15) is 31.2 Å². The van der Waals surface area contributed by atoms with Gasteiger partial charge in [-0.25, -0.2) is 4.98 Å². The quantitative estimate of drug-likeness (QED) is 0.682. The SMILES string of the molecule is Nc1ccc(/C=C/C(=O)NCC[C@@H]2[C@H]3CN(C(=O)CC4CCOCC4)C[C@@H]23)cn1. The van der Waals surface area contributed by atoms with Crippen LogP contribution in [0.25, 0.3) is 6.08 Å². The first-order valence-electron chi connectivity index (χ1n) is 10.6. The van der Waals surface area contributed by atoms with Crippen molar-refractivity contribution in [3.63, 3.8) is 0 Å². The maximum absolute atomic E-state index is 12.5. The minimum absolute atomic E-state index is 0.0964. The average Bonchev–Trinajstić information content (AvgIpc) is 3.17. The molecule has 0 spiro atoms. The van der Waals surface area contributed by atoms with E-state index in [0.29, 0.717) is 48.4 Å². The summed E-state index contributed by atoms with van der Waals surface area (Å²) in [5, 5.41) is 2.95. The van der Waals surface area contributed by atoms with Crippen molar-refractivity contribution in [2.75, 3.05) is 38.6 Å². The molecule has 3 N–H and O–H groups in total. The van der Waals surface area contributed by atoms with E-state index < -0.39 is 0 Å². The maximum atomic E-state index is 12.5. The summed E-state index contributed by atoms with van der Waals surface area (Å²) in [6.07, 6.45) is 8.59. The molecule has 0 radical (unpaired) electrons. The number of pyridine rings is 1. The van der Waals surface area contributed by atoms with Crippen LogP contribution in [0, 0.1) is 23.7 Å². The number of nitrogens with two attached hydrogens (primary N) is 1. The Hall–Kier alpha value is -2.41. The van der Waals surface area contributed by atoms with Crippen LogP contribution in [-0.2, 0) is 14.3 Å². The lowest BCUT2D eigenvalue weighted by Crippen LogP contribution is -2.34. The lowest BCUT2D eigenvalue weighted by Gasteiger charge is -2.25. The summed E-state index contributed by atoms with van der Waals surface area (Å²) in [4.78, 5) is 30.5. The van der Waals surface area contributed by atoms with Gasteiger partial charge in [-0.1, -0.05) is 0 Å². The smallest absolute Gasteiger partial charge is 0.244 e. The number of nitrogens with one attached hydrogen (secondary N) is 1. The van der Waals surface area contributed by atoms with Gasteiger partial charge >= 0.3 is 0 Å². The molecule has 0 aromatic carbocycles. The molecule has 3 heterocycles. The molecular formula is C22H30N4O3. The van der Waals surface area contributed by atoms with Crippen molar-refractivity contribution in [3.8, 4) is 0 Å². The zero-order valence-corrected chi connectivity index (χ0v) is 16.8. The van der Waals surface area contributed by atoms with Gasteiger partial charge in [0.15, 0.2) is 0 Å². The summed E-state index contributed by atoms with van der Waals surface area (Å²) < 4.78 is 5.37. The lowest BCUT2D eigenvalue weighted by molar-refractivity contribution is -0.132. The van der Waals surface area contributed by atoms with Gasteiger partial charge in [-0.05, 0) is 66.7 Å². The molecule has 7 heteroatoms. The van der Waals surface area contributed by atoms with Crippen LogP contribution in [0.15, 0.2) is 24.4 Å². The number of piperidine rings is 1. The average molecular weight is 399 g/mol. The van der Waals surface area contributed by atoms with Gasteiger partial charge in [0.1, 0.15) is 5.82 Å². The highest BCUT2D eigenvalue weighted by molar-refractivity contribution is 5.91. The Bertz CT molecular complexity index is 746. The van der Waals surface area contributed by atoms with E-state index in [0.717, 1.165) is 51.1 Å². The molecule has 1 aromatic rings. The van der Waals surface area contributed by atoms with Crippen molar-refractivity contribution in [3.05, 3.63) is 30.0 Å². The largest absolute Gasteiger partial charge is 0.384 e. The monoisotopic (exact) mass is 398 g/mol. The second-order valence-corrected chi connectivity index (χ2v) is 8.48. The second-order valence-electron chi connectivity index (χ2n) is 8.48. The zero-order valence-electron chi connectivity index (χ0n) is 16.8. The molecule has 1 aromatic heterocycles. The number of fused-ring (bicyclic) bond motifs is 1. The van der Waals surface area contributed by atoms with Crippen molar-refractivity contribution >= 4 is 23.7 Å². The first-order valence-corrected chi connectivity index (χ1v) is 10.6. The Morgan fingerprint density at radius 3 is 2.69 bits per heavy atom. The normalized spacial score (nSPS) is 26.5. The number of nitrogen functional groups attached to an aromatic ring is 1. The van der Waals surface area contributed by atoms with Crippen LogP contribution >= 0.6 is 0 Å². The summed E-state index contributed by atoms with van der Waals surface area (Å²) in [5.41, 5.74) is 6.39. The minimum Gasteiger partial charge on any atom is -0.384 e. The fourth-order valence-corrected chi connectivity index (χ4v) is 4.72. The Kier molecular flexibility index (Phi) is 6.13. The molecule has 1 saturated carbocycles. The lowest BCUT2D eigenvalue weighted by atomic mass is 9.96. The molecule has 156 valence electrons. The third-order valence-electron chi connectivity index (χ3n) is 6.54. The van der Waals surface area contributed by atoms with E-state index in [-0.39, 0.29) is 5.91 Å². The van der Waals surface area contributed by atoms with Gasteiger partial charge in [0.2, 0.25) is 11.8 Å². The van der Waals surface area contributed by atoms with Gasteiger partial charge in [0, 0.05) is 51.5 Å². The predicted octanol–water partition coefficient (Wildman–Crippen LogP) is 1.70. The number of carbonyl (C=O) groups is 2. The van der Waals surface area contributed by atoms with Gasteiger partial charge in [-0.15, -0.1) is 0 Å². The summed E-state index contributed by atoms with van der Waals surface area (Å²) in [6, 6.07) is 3.54. The molecule has 1 aliphatic carbocycles. The van der Waals surface area contributed by atoms with E-state index in [1.54, 1.807) is 18.3 Å². The van der Waals surface area contributed by atoms with Crippen LogP contribution in [0.3, 0.4) is 0 Å². The standard InChI is InChI=1S/C22H30N4O3/c23-20-3-1-16(12-25-20)2-4-21(27)24-8-5-17-18-13-26(14-19(17)18)22(28)11-15-6-9-29-10-7-15/h1-4,12,15,17-19H,5-11,13-14H2,(H2,23,25)(H,24,27)/b4-2+/t17-,18-,19+. The number of likely N-dealkylation sites (tertiary alicyclic amines) is 1. The molecule has 0 unspecified atom stereocenters. The summed E-state index contributed by atoms with van der Waals surface area (Å²) >= 11 is 0. The number of ether oxygens (including phenoxy) is 1. The van der Waals surface area contributed by atoms with Crippen LogP contribution in [0.2, 0.25) is 0 Å². The second kappa shape index (κ2) is 8.95. The Morgan fingerprint density at radius 2 is 2.00 bits per heavy atom. The third kappa shape index (κ3) is 5.15. The zero-order chi connectivity index (χ0) is 20.2. The molecule has 0 bridgehead atoms. The van der Waals surface area contributed by atoms with Crippen molar-refractivity contribution in [1.82, 2.24) is 15.2 Å². The maximum Gasteiger partial charge on any atom is 0.244 e. The van der Waals surface area contributed by atoms with Gasteiger partial charge in [0.05, 0.1) is 0 Å². The fraction of sp³-hybridized carbons (Fsp3) is 0.591. The molecule has 3 aliphatic rings. The van der Waals surface area contributed by atoms with Crippen molar-refractivity contribution in [1.29, 1.82) is 0 Å². The van der Waals surface area contributed by atoms with E-state index in [1.807, 2.05) is 6.07 Å². The summed E-state index contributed by atoms with van der Waals surface area (Å²) in [6.45, 7) is 4.06. The van der Waals surface area contributed by atoms with Gasteiger partial charge in [-0.2, -0.15) is 0 Å². The van der Waals surface area contributed by atoms with Crippen LogP contribution in [0.4, 0.5) is 5.82 Å². The van der Waals surface area contributed by atoms with Crippen molar-refractivity contribution in [2.45, 2.75) is 25.7 Å². The van der Waals surface area contributed by atoms with Crippen LogP contribution in [-0.4, -0.2) is 54.5 Å². The predicted molar refractivity (Wildman–Crippen MR) is 111 cm³/mol. The number of rotatable bonds is 7. The summed E-state index contributed by atoms with van der Waals surface area (Å²) in [7, 11) is 0. The number of anilines is 1. The summed E-state index contributed by atoms with van der Waals surface area (Å²) in [5.74, 6) is 3.08. The van der Waals surface area contributed by atoms with Crippen LogP contribution in [0.5, 0.6) is 0 Å². The first-order chi connectivity index (χ1) is 14.1. The third-order valence-corrected chi connectivity index (χ3v) is 6.54. The molecule has 3 atom stereocenters. The minimum atomic E-state index is -0.0964. The number of amides is 2. The molecule has 29 heavy (non-hydrogen) atoms. The molecule has 4 rings (SSSR count). The Morgan fingerprint density at radius 1 is 1.24 bits per heavy atom. The van der Waals surface area contributed by atoms with Crippen LogP contribution < -0.4 is 11.1 Å². The highest BCUT2D eigenvalue weighted by atomic mass is 16.5. The molecule has 7 nitrogen and oxygen atoms in total. The Labute approximate surface area is 171 Å². The fourth-order valence-electron chi connectivity index (χ4n) is 4.72. The number of carbonyl (C=O) groups excluding carboxylic acids is 2. The first kappa shape index (κ1) is 19.9. The molecule has 2 amide bonds. The molecule has 3 fully saturated rings. The van der Waals surface area contributed by atoms with Gasteiger partial charge in [-0.3, -0.25) is 9.59 Å². The van der Waals surface area contributed by atoms with Crippen molar-refractivity contribution < 1.29 is 14.3 Å². The van der Waals surface area contributed by atoms with E-state index >= 15 is 0 Å². The number of aromatic nitrogens is 1. The Balaban J connectivity index is 1.11.